The summed E-state index contributed by atoms with van der Waals surface area (Å²) in [5.41, 5.74) is 8.54. The lowest BCUT2D eigenvalue weighted by molar-refractivity contribution is 0.0697. The predicted octanol–water partition coefficient (Wildman–Crippen LogP) is 2.45. The van der Waals surface area contributed by atoms with Crippen molar-refractivity contribution < 1.29 is 9.90 Å². The Kier molecular flexibility index (Phi) is 3.87. The van der Waals surface area contributed by atoms with Crippen LogP contribution in [0.3, 0.4) is 0 Å². The molecular weight excluding hydrogens is 254 g/mol. The van der Waals surface area contributed by atoms with Crippen LogP contribution in [-0.4, -0.2) is 11.1 Å². The number of rotatable bonds is 4. The molecule has 2 rings (SSSR count). The van der Waals surface area contributed by atoms with Crippen molar-refractivity contribution in [1.29, 1.82) is 5.26 Å². The number of aromatic carboxylic acids is 1. The van der Waals surface area contributed by atoms with Crippen LogP contribution in [0.25, 0.3) is 0 Å². The standard InChI is InChI=1S/C15H13N3O2/c16-8-10-2-1-3-11(6-10)9-18-14-5-4-12(15(19)20)7-13(14)17/h1-7,18H,9,17H2,(H,19,20). The highest BCUT2D eigenvalue weighted by molar-refractivity contribution is 5.90. The Morgan fingerprint density at radius 1 is 1.30 bits per heavy atom. The molecule has 20 heavy (non-hydrogen) atoms. The van der Waals surface area contributed by atoms with Crippen molar-refractivity contribution in [2.45, 2.75) is 6.54 Å². The van der Waals surface area contributed by atoms with Gasteiger partial charge in [0.15, 0.2) is 0 Å². The number of hydrogen-bond acceptors (Lipinski definition) is 4. The molecule has 0 aliphatic heterocycles. The molecule has 5 nitrogen and oxygen atoms in total. The van der Waals surface area contributed by atoms with Crippen molar-refractivity contribution in [2.75, 3.05) is 11.1 Å². The molecule has 100 valence electrons. The maximum Gasteiger partial charge on any atom is 0.335 e. The third-order valence-electron chi connectivity index (χ3n) is 2.84. The largest absolute Gasteiger partial charge is 0.478 e. The Hall–Kier alpha value is -3.00. The monoisotopic (exact) mass is 267 g/mol. The fourth-order valence-electron chi connectivity index (χ4n) is 1.80. The average Bonchev–Trinajstić information content (AvgIpc) is 2.46. The topological polar surface area (TPSA) is 99.1 Å². The second-order valence-corrected chi connectivity index (χ2v) is 4.27. The van der Waals surface area contributed by atoms with Crippen molar-refractivity contribution >= 4 is 17.3 Å². The van der Waals surface area contributed by atoms with Crippen molar-refractivity contribution in [3.05, 3.63) is 59.2 Å². The Bertz CT molecular complexity index is 690. The minimum atomic E-state index is -1.01. The smallest absolute Gasteiger partial charge is 0.335 e. The number of anilines is 2. The van der Waals surface area contributed by atoms with E-state index in [1.54, 1.807) is 18.2 Å². The van der Waals surface area contributed by atoms with Gasteiger partial charge in [-0.05, 0) is 35.9 Å². The lowest BCUT2D eigenvalue weighted by Gasteiger charge is -2.10. The van der Waals surface area contributed by atoms with E-state index in [1.165, 1.54) is 12.1 Å². The van der Waals surface area contributed by atoms with E-state index in [4.69, 9.17) is 16.1 Å². The molecule has 2 aromatic rings. The molecule has 0 fully saturated rings. The van der Waals surface area contributed by atoms with E-state index in [0.717, 1.165) is 5.56 Å². The maximum absolute atomic E-state index is 10.8. The minimum Gasteiger partial charge on any atom is -0.478 e. The van der Waals surface area contributed by atoms with Crippen molar-refractivity contribution in [1.82, 2.24) is 0 Å². The molecule has 0 saturated carbocycles. The predicted molar refractivity (Wildman–Crippen MR) is 76.3 cm³/mol. The summed E-state index contributed by atoms with van der Waals surface area (Å²) < 4.78 is 0. The van der Waals surface area contributed by atoms with Crippen LogP contribution in [0, 0.1) is 11.3 Å². The van der Waals surface area contributed by atoms with E-state index < -0.39 is 5.97 Å². The first-order valence-corrected chi connectivity index (χ1v) is 5.96. The van der Waals surface area contributed by atoms with Gasteiger partial charge in [0.25, 0.3) is 0 Å². The molecule has 5 heteroatoms. The lowest BCUT2D eigenvalue weighted by Crippen LogP contribution is -2.04. The zero-order valence-corrected chi connectivity index (χ0v) is 10.6. The van der Waals surface area contributed by atoms with Crippen LogP contribution >= 0.6 is 0 Å². The molecule has 2 aromatic carbocycles. The lowest BCUT2D eigenvalue weighted by atomic mass is 10.1. The summed E-state index contributed by atoms with van der Waals surface area (Å²) in [6, 6.07) is 13.8. The van der Waals surface area contributed by atoms with Crippen LogP contribution < -0.4 is 11.1 Å². The fraction of sp³-hybridized carbons (Fsp3) is 0.0667. The fourth-order valence-corrected chi connectivity index (χ4v) is 1.80. The van der Waals surface area contributed by atoms with Crippen molar-refractivity contribution in [2.24, 2.45) is 0 Å². The van der Waals surface area contributed by atoms with Crippen LogP contribution in [-0.2, 0) is 6.54 Å². The van der Waals surface area contributed by atoms with Crippen molar-refractivity contribution in [3.63, 3.8) is 0 Å². The molecule has 0 aliphatic carbocycles. The highest BCUT2D eigenvalue weighted by Crippen LogP contribution is 2.20. The van der Waals surface area contributed by atoms with Gasteiger partial charge in [0, 0.05) is 6.54 Å². The number of carbonyl (C=O) groups is 1. The van der Waals surface area contributed by atoms with Gasteiger partial charge in [0.05, 0.1) is 28.6 Å². The first-order chi connectivity index (χ1) is 9.60. The van der Waals surface area contributed by atoms with Gasteiger partial charge in [-0.25, -0.2) is 4.79 Å². The summed E-state index contributed by atoms with van der Waals surface area (Å²) in [5.74, 6) is -1.01. The molecule has 0 aromatic heterocycles. The Morgan fingerprint density at radius 3 is 2.75 bits per heavy atom. The zero-order valence-electron chi connectivity index (χ0n) is 10.6. The Morgan fingerprint density at radius 2 is 2.10 bits per heavy atom. The highest BCUT2D eigenvalue weighted by atomic mass is 16.4. The number of nitrogens with zero attached hydrogens (tertiary/aromatic N) is 1. The quantitative estimate of drug-likeness (QED) is 0.739. The summed E-state index contributed by atoms with van der Waals surface area (Å²) in [4.78, 5) is 10.8. The minimum absolute atomic E-state index is 0.152. The van der Waals surface area contributed by atoms with Gasteiger partial charge in [-0.2, -0.15) is 5.26 Å². The average molecular weight is 267 g/mol. The highest BCUT2D eigenvalue weighted by Gasteiger charge is 2.06. The number of carboxylic acids is 1. The molecule has 0 atom stereocenters. The number of nitrogen functional groups attached to an aromatic ring is 1. The zero-order chi connectivity index (χ0) is 14.5. The Labute approximate surface area is 116 Å². The van der Waals surface area contributed by atoms with Crippen LogP contribution in [0.2, 0.25) is 0 Å². The molecule has 0 aliphatic rings. The van der Waals surface area contributed by atoms with Gasteiger partial charge >= 0.3 is 5.97 Å². The molecule has 0 amide bonds. The maximum atomic E-state index is 10.8. The Balaban J connectivity index is 2.11. The van der Waals surface area contributed by atoms with E-state index in [-0.39, 0.29) is 5.56 Å². The van der Waals surface area contributed by atoms with Crippen LogP contribution in [0.15, 0.2) is 42.5 Å². The van der Waals surface area contributed by atoms with E-state index in [0.29, 0.717) is 23.5 Å². The second kappa shape index (κ2) is 5.76. The third-order valence-corrected chi connectivity index (χ3v) is 2.84. The molecule has 0 bridgehead atoms. The van der Waals surface area contributed by atoms with Gasteiger partial charge < -0.3 is 16.2 Å². The van der Waals surface area contributed by atoms with Gasteiger partial charge in [-0.15, -0.1) is 0 Å². The molecule has 0 spiro atoms. The van der Waals surface area contributed by atoms with Gasteiger partial charge in [0.2, 0.25) is 0 Å². The molecule has 0 heterocycles. The number of hydrogen-bond donors (Lipinski definition) is 3. The molecule has 0 saturated heterocycles. The molecule has 0 unspecified atom stereocenters. The molecular formula is C15H13N3O2. The second-order valence-electron chi connectivity index (χ2n) is 4.27. The summed E-state index contributed by atoms with van der Waals surface area (Å²) in [5, 5.41) is 20.8. The molecule has 4 N–H and O–H groups in total. The van der Waals surface area contributed by atoms with Crippen LogP contribution in [0.1, 0.15) is 21.5 Å². The van der Waals surface area contributed by atoms with E-state index in [2.05, 4.69) is 11.4 Å². The first-order valence-electron chi connectivity index (χ1n) is 5.96. The van der Waals surface area contributed by atoms with Gasteiger partial charge in [-0.1, -0.05) is 12.1 Å². The number of nitrogens with two attached hydrogens (primary N) is 1. The third kappa shape index (κ3) is 3.06. The van der Waals surface area contributed by atoms with Gasteiger partial charge in [-0.3, -0.25) is 0 Å². The number of carboxylic acid groups (broad SMARTS) is 1. The van der Waals surface area contributed by atoms with E-state index >= 15 is 0 Å². The number of benzene rings is 2. The SMILES string of the molecule is N#Cc1cccc(CNc2ccc(C(=O)O)cc2N)c1. The summed E-state index contributed by atoms with van der Waals surface area (Å²) in [7, 11) is 0. The summed E-state index contributed by atoms with van der Waals surface area (Å²) in [6.07, 6.45) is 0. The first kappa shape index (κ1) is 13.4. The van der Waals surface area contributed by atoms with E-state index in [1.807, 2.05) is 12.1 Å². The number of nitrogens with one attached hydrogen (secondary N) is 1. The van der Waals surface area contributed by atoms with E-state index in [9.17, 15) is 4.79 Å². The van der Waals surface area contributed by atoms with Crippen LogP contribution in [0.5, 0.6) is 0 Å². The van der Waals surface area contributed by atoms with Crippen molar-refractivity contribution in [3.8, 4) is 6.07 Å². The number of nitriles is 1. The van der Waals surface area contributed by atoms with Gasteiger partial charge in [0.1, 0.15) is 0 Å². The molecule has 0 radical (unpaired) electrons. The normalized spacial score (nSPS) is 9.75. The summed E-state index contributed by atoms with van der Waals surface area (Å²) in [6.45, 7) is 0.506. The van der Waals surface area contributed by atoms with Crippen LogP contribution in [0.4, 0.5) is 11.4 Å². The summed E-state index contributed by atoms with van der Waals surface area (Å²) >= 11 is 0.